The Morgan fingerprint density at radius 3 is 2.43 bits per heavy atom. The first-order valence-electron chi connectivity index (χ1n) is 6.11. The van der Waals surface area contributed by atoms with E-state index in [0.717, 1.165) is 0 Å². The molecule has 0 aromatic heterocycles. The summed E-state index contributed by atoms with van der Waals surface area (Å²) in [7, 11) is 0. The molecule has 1 heterocycles. The molecule has 1 aliphatic heterocycles. The highest BCUT2D eigenvalue weighted by Gasteiger charge is 2.26. The molecule has 80 valence electrons. The zero-order valence-electron chi connectivity index (χ0n) is 9.68. The first kappa shape index (κ1) is 10.1. The lowest BCUT2D eigenvalue weighted by Gasteiger charge is -2.40. The van der Waals surface area contributed by atoms with E-state index in [4.69, 9.17) is 0 Å². The highest BCUT2D eigenvalue weighted by atomic mass is 15.1. The fraction of sp³-hybridized carbons (Fsp3) is 0.846. The van der Waals surface area contributed by atoms with Gasteiger partial charge >= 0.3 is 0 Å². The van der Waals surface area contributed by atoms with E-state index in [1.54, 1.807) is 5.70 Å². The minimum Gasteiger partial charge on any atom is -0.375 e. The monoisotopic (exact) mass is 193 g/mol. The predicted octanol–water partition coefficient (Wildman–Crippen LogP) is 3.57. The molecule has 2 rings (SSSR count). The average Bonchev–Trinajstić information content (AvgIpc) is 2.19. The third-order valence-corrected chi connectivity index (χ3v) is 3.79. The Kier molecular flexibility index (Phi) is 2.85. The molecule has 0 saturated carbocycles. The van der Waals surface area contributed by atoms with Crippen LogP contribution in [0, 0.1) is 5.41 Å². The van der Waals surface area contributed by atoms with Crippen LogP contribution < -0.4 is 0 Å². The Labute approximate surface area is 88.2 Å². The average molecular weight is 193 g/mol. The van der Waals surface area contributed by atoms with E-state index in [1.807, 2.05) is 0 Å². The molecule has 2 aliphatic rings. The van der Waals surface area contributed by atoms with Crippen molar-refractivity contribution in [1.29, 1.82) is 0 Å². The highest BCUT2D eigenvalue weighted by molar-refractivity contribution is 5.05. The lowest BCUT2D eigenvalue weighted by Crippen LogP contribution is -2.37. The minimum atomic E-state index is 0.589. The van der Waals surface area contributed by atoms with E-state index in [2.05, 4.69) is 24.8 Å². The highest BCUT2D eigenvalue weighted by Crippen LogP contribution is 2.33. The molecule has 14 heavy (non-hydrogen) atoms. The van der Waals surface area contributed by atoms with Crippen LogP contribution in [0.3, 0.4) is 0 Å². The number of nitrogens with zero attached hydrogens (tertiary/aromatic N) is 1. The van der Waals surface area contributed by atoms with Crippen LogP contribution in [-0.4, -0.2) is 18.0 Å². The van der Waals surface area contributed by atoms with Crippen molar-refractivity contribution in [2.24, 2.45) is 5.41 Å². The van der Waals surface area contributed by atoms with Crippen LogP contribution in [0.5, 0.6) is 0 Å². The van der Waals surface area contributed by atoms with E-state index in [9.17, 15) is 0 Å². The van der Waals surface area contributed by atoms with Gasteiger partial charge < -0.3 is 4.90 Å². The Morgan fingerprint density at radius 2 is 1.86 bits per heavy atom. The second-order valence-electron chi connectivity index (χ2n) is 5.59. The van der Waals surface area contributed by atoms with Gasteiger partial charge in [0.1, 0.15) is 0 Å². The third-order valence-electron chi connectivity index (χ3n) is 3.79. The molecule has 1 nitrogen and oxygen atoms in total. The van der Waals surface area contributed by atoms with Crippen LogP contribution in [0.15, 0.2) is 11.8 Å². The van der Waals surface area contributed by atoms with Crippen molar-refractivity contribution >= 4 is 0 Å². The van der Waals surface area contributed by atoms with Crippen molar-refractivity contribution in [3.63, 3.8) is 0 Å². The quantitative estimate of drug-likeness (QED) is 0.615. The molecule has 0 amide bonds. The Hall–Kier alpha value is -0.460. The van der Waals surface area contributed by atoms with Gasteiger partial charge in [-0.25, -0.2) is 0 Å². The van der Waals surface area contributed by atoms with Crippen molar-refractivity contribution < 1.29 is 0 Å². The lowest BCUT2D eigenvalue weighted by atomic mass is 9.82. The van der Waals surface area contributed by atoms with Crippen LogP contribution >= 0.6 is 0 Å². The Bertz CT molecular complexity index is 217. The summed E-state index contributed by atoms with van der Waals surface area (Å²) in [5.41, 5.74) is 2.23. The topological polar surface area (TPSA) is 3.24 Å². The maximum absolute atomic E-state index is 2.63. The van der Waals surface area contributed by atoms with E-state index in [0.29, 0.717) is 5.41 Å². The molecule has 0 bridgehead atoms. The van der Waals surface area contributed by atoms with Gasteiger partial charge in [0.15, 0.2) is 0 Å². The summed E-state index contributed by atoms with van der Waals surface area (Å²) in [6.45, 7) is 7.39. The molecule has 0 radical (unpaired) electrons. The van der Waals surface area contributed by atoms with Crippen molar-refractivity contribution in [3.8, 4) is 0 Å². The Morgan fingerprint density at radius 1 is 1.14 bits per heavy atom. The van der Waals surface area contributed by atoms with Gasteiger partial charge in [-0.05, 0) is 43.9 Å². The molecule has 1 saturated heterocycles. The van der Waals surface area contributed by atoms with Crippen molar-refractivity contribution in [3.05, 3.63) is 11.8 Å². The molecule has 0 aromatic carbocycles. The summed E-state index contributed by atoms with van der Waals surface area (Å²) < 4.78 is 0. The van der Waals surface area contributed by atoms with E-state index in [1.165, 1.54) is 51.6 Å². The summed E-state index contributed by atoms with van der Waals surface area (Å²) in [4.78, 5) is 2.63. The number of hydrogen-bond donors (Lipinski definition) is 0. The van der Waals surface area contributed by atoms with Gasteiger partial charge in [-0.3, -0.25) is 0 Å². The third kappa shape index (κ3) is 2.31. The van der Waals surface area contributed by atoms with E-state index >= 15 is 0 Å². The first-order valence-corrected chi connectivity index (χ1v) is 6.11. The summed E-state index contributed by atoms with van der Waals surface area (Å²) in [5, 5.41) is 0. The summed E-state index contributed by atoms with van der Waals surface area (Å²) in [5.74, 6) is 0. The second kappa shape index (κ2) is 3.96. The molecule has 0 aromatic rings. The van der Waals surface area contributed by atoms with Crippen LogP contribution in [-0.2, 0) is 0 Å². The van der Waals surface area contributed by atoms with Crippen molar-refractivity contribution in [2.45, 2.75) is 52.4 Å². The van der Waals surface area contributed by atoms with Gasteiger partial charge in [-0.1, -0.05) is 19.9 Å². The van der Waals surface area contributed by atoms with Crippen LogP contribution in [0.1, 0.15) is 52.4 Å². The van der Waals surface area contributed by atoms with Gasteiger partial charge in [-0.15, -0.1) is 0 Å². The Balaban J connectivity index is 1.91. The molecule has 0 atom stereocenters. The van der Waals surface area contributed by atoms with Crippen molar-refractivity contribution in [1.82, 2.24) is 4.90 Å². The summed E-state index contributed by atoms with van der Waals surface area (Å²) in [6, 6.07) is 0. The fourth-order valence-electron chi connectivity index (χ4n) is 2.51. The van der Waals surface area contributed by atoms with Gasteiger partial charge in [0.05, 0.1) is 0 Å². The number of likely N-dealkylation sites (tertiary alicyclic amines) is 1. The largest absolute Gasteiger partial charge is 0.375 e. The van der Waals surface area contributed by atoms with Gasteiger partial charge in [0.25, 0.3) is 0 Å². The number of rotatable bonds is 1. The van der Waals surface area contributed by atoms with Gasteiger partial charge in [0, 0.05) is 18.8 Å². The van der Waals surface area contributed by atoms with E-state index in [-0.39, 0.29) is 0 Å². The maximum Gasteiger partial charge on any atom is 0.0180 e. The van der Waals surface area contributed by atoms with Gasteiger partial charge in [-0.2, -0.15) is 0 Å². The molecule has 1 aliphatic carbocycles. The maximum atomic E-state index is 2.63. The molecular weight excluding hydrogens is 170 g/mol. The van der Waals surface area contributed by atoms with Crippen LogP contribution in [0.2, 0.25) is 0 Å². The molecule has 0 N–H and O–H groups in total. The molecule has 0 unspecified atom stereocenters. The zero-order chi connectivity index (χ0) is 10.0. The SMILES string of the molecule is CC1(C)CCN(C2=CCCCC2)CC1. The molecule has 0 spiro atoms. The summed E-state index contributed by atoms with van der Waals surface area (Å²) in [6.07, 6.45) is 10.7. The van der Waals surface area contributed by atoms with Crippen molar-refractivity contribution in [2.75, 3.05) is 13.1 Å². The number of piperidine rings is 1. The standard InChI is InChI=1S/C13H23N/c1-13(2)8-10-14(11-9-13)12-6-4-3-5-7-12/h6H,3-5,7-11H2,1-2H3. The summed E-state index contributed by atoms with van der Waals surface area (Å²) >= 11 is 0. The number of hydrogen-bond acceptors (Lipinski definition) is 1. The smallest absolute Gasteiger partial charge is 0.0180 e. The molecule has 1 heteroatoms. The van der Waals surface area contributed by atoms with Crippen LogP contribution in [0.25, 0.3) is 0 Å². The second-order valence-corrected chi connectivity index (χ2v) is 5.59. The minimum absolute atomic E-state index is 0.589. The molecular formula is C13H23N. The van der Waals surface area contributed by atoms with Gasteiger partial charge in [0.2, 0.25) is 0 Å². The zero-order valence-corrected chi connectivity index (χ0v) is 9.68. The lowest BCUT2D eigenvalue weighted by molar-refractivity contribution is 0.156. The number of allylic oxidation sites excluding steroid dienone is 2. The normalized spacial score (nSPS) is 27.3. The van der Waals surface area contributed by atoms with E-state index < -0.39 is 0 Å². The predicted molar refractivity (Wildman–Crippen MR) is 61.1 cm³/mol. The molecule has 1 fully saturated rings. The first-order chi connectivity index (χ1) is 6.67. The van der Waals surface area contributed by atoms with Crippen LogP contribution in [0.4, 0.5) is 0 Å². The fourth-order valence-corrected chi connectivity index (χ4v) is 2.51.